The molecule has 0 amide bonds. The van der Waals surface area contributed by atoms with Gasteiger partial charge in [0, 0.05) is 5.88 Å². The van der Waals surface area contributed by atoms with Gasteiger partial charge in [0.1, 0.15) is 0 Å². The molecule has 4 heteroatoms. The lowest BCUT2D eigenvalue weighted by Crippen LogP contribution is -2.09. The molecule has 0 radical (unpaired) electrons. The van der Waals surface area contributed by atoms with Gasteiger partial charge in [-0.05, 0) is 31.0 Å². The molecular weight excluding hydrogens is 220 g/mol. The monoisotopic (exact) mass is 232 g/mol. The van der Waals surface area contributed by atoms with E-state index in [1.54, 1.807) is 13.0 Å². The molecule has 14 heavy (non-hydrogen) atoms. The second-order valence-corrected chi connectivity index (χ2v) is 5.73. The number of rotatable bonds is 3. The Balaban J connectivity index is 3.25. The van der Waals surface area contributed by atoms with Crippen molar-refractivity contribution in [3.63, 3.8) is 0 Å². The van der Waals surface area contributed by atoms with Crippen LogP contribution in [0.2, 0.25) is 0 Å². The highest BCUT2D eigenvalue weighted by Gasteiger charge is 2.15. The highest BCUT2D eigenvalue weighted by Crippen LogP contribution is 2.18. The second kappa shape index (κ2) is 4.32. The molecule has 0 aliphatic carbocycles. The van der Waals surface area contributed by atoms with Crippen molar-refractivity contribution in [3.05, 3.63) is 29.3 Å². The van der Waals surface area contributed by atoms with Gasteiger partial charge in [-0.3, -0.25) is 0 Å². The van der Waals surface area contributed by atoms with Crippen molar-refractivity contribution in [2.75, 3.05) is 11.6 Å². The summed E-state index contributed by atoms with van der Waals surface area (Å²) >= 11 is 5.45. The summed E-state index contributed by atoms with van der Waals surface area (Å²) in [6.07, 6.45) is 0. The summed E-state index contributed by atoms with van der Waals surface area (Å²) in [7, 11) is -3.20. The summed E-state index contributed by atoms with van der Waals surface area (Å²) < 4.78 is 23.4. The van der Waals surface area contributed by atoms with Gasteiger partial charge in [-0.25, -0.2) is 8.42 Å². The van der Waals surface area contributed by atoms with Crippen LogP contribution in [0.1, 0.15) is 11.1 Å². The number of halogens is 1. The van der Waals surface area contributed by atoms with Gasteiger partial charge in [-0.15, -0.1) is 11.6 Å². The molecule has 0 atom stereocenters. The molecule has 2 nitrogen and oxygen atoms in total. The highest BCUT2D eigenvalue weighted by molar-refractivity contribution is 7.91. The van der Waals surface area contributed by atoms with Crippen molar-refractivity contribution in [2.45, 2.75) is 18.7 Å². The van der Waals surface area contributed by atoms with E-state index in [0.29, 0.717) is 4.90 Å². The number of hydrogen-bond acceptors (Lipinski definition) is 2. The molecule has 0 fully saturated rings. The van der Waals surface area contributed by atoms with E-state index in [4.69, 9.17) is 11.6 Å². The van der Waals surface area contributed by atoms with E-state index in [0.717, 1.165) is 11.1 Å². The Morgan fingerprint density at radius 3 is 2.50 bits per heavy atom. The summed E-state index contributed by atoms with van der Waals surface area (Å²) in [6, 6.07) is 5.41. The average molecular weight is 233 g/mol. The van der Waals surface area contributed by atoms with Gasteiger partial charge in [0.25, 0.3) is 0 Å². The molecule has 0 unspecified atom stereocenters. The molecule has 0 saturated carbocycles. The summed E-state index contributed by atoms with van der Waals surface area (Å²) in [5.74, 6) is 0.133. The number of sulfone groups is 1. The van der Waals surface area contributed by atoms with Crippen molar-refractivity contribution in [1.29, 1.82) is 0 Å². The fourth-order valence-electron chi connectivity index (χ4n) is 1.25. The zero-order valence-corrected chi connectivity index (χ0v) is 9.82. The zero-order chi connectivity index (χ0) is 10.8. The van der Waals surface area contributed by atoms with Crippen molar-refractivity contribution in [2.24, 2.45) is 0 Å². The molecule has 0 aliphatic heterocycles. The fourth-order valence-corrected chi connectivity index (χ4v) is 3.21. The van der Waals surface area contributed by atoms with Gasteiger partial charge in [0.05, 0.1) is 10.6 Å². The van der Waals surface area contributed by atoms with Gasteiger partial charge in [0.2, 0.25) is 0 Å². The first kappa shape index (κ1) is 11.5. The Kier molecular flexibility index (Phi) is 3.56. The molecule has 0 aliphatic rings. The lowest BCUT2D eigenvalue weighted by atomic mass is 10.2. The van der Waals surface area contributed by atoms with E-state index in [-0.39, 0.29) is 11.6 Å². The normalized spacial score (nSPS) is 11.6. The van der Waals surface area contributed by atoms with Gasteiger partial charge in [-0.1, -0.05) is 12.1 Å². The van der Waals surface area contributed by atoms with Crippen LogP contribution in [0, 0.1) is 13.8 Å². The maximum atomic E-state index is 11.7. The van der Waals surface area contributed by atoms with Crippen LogP contribution in [-0.4, -0.2) is 20.1 Å². The van der Waals surface area contributed by atoms with Crippen LogP contribution in [0.25, 0.3) is 0 Å². The Hall–Kier alpha value is -0.540. The molecule has 0 spiro atoms. The largest absolute Gasteiger partial charge is 0.224 e. The van der Waals surface area contributed by atoms with Gasteiger partial charge in [-0.2, -0.15) is 0 Å². The molecule has 0 bridgehead atoms. The SMILES string of the molecule is Cc1ccc(C)c(S(=O)(=O)CCCl)c1. The molecule has 78 valence electrons. The standard InChI is InChI=1S/C10H13ClO2S/c1-8-3-4-9(2)10(7-8)14(12,13)6-5-11/h3-4,7H,5-6H2,1-2H3. The highest BCUT2D eigenvalue weighted by atomic mass is 35.5. The fraction of sp³-hybridized carbons (Fsp3) is 0.400. The summed E-state index contributed by atoms with van der Waals surface area (Å²) in [6.45, 7) is 3.67. The Morgan fingerprint density at radius 2 is 1.93 bits per heavy atom. The minimum Gasteiger partial charge on any atom is -0.224 e. The minimum atomic E-state index is -3.20. The molecule has 0 heterocycles. The first-order valence-electron chi connectivity index (χ1n) is 4.33. The predicted octanol–water partition coefficient (Wildman–Crippen LogP) is 2.32. The number of alkyl halides is 1. The average Bonchev–Trinajstić information content (AvgIpc) is 2.09. The van der Waals surface area contributed by atoms with Crippen molar-refractivity contribution < 1.29 is 8.42 Å². The van der Waals surface area contributed by atoms with Crippen LogP contribution in [0.4, 0.5) is 0 Å². The van der Waals surface area contributed by atoms with Crippen LogP contribution in [0.15, 0.2) is 23.1 Å². The molecule has 0 N–H and O–H groups in total. The van der Waals surface area contributed by atoms with E-state index >= 15 is 0 Å². The molecule has 1 aromatic carbocycles. The molecule has 0 aromatic heterocycles. The lowest BCUT2D eigenvalue weighted by molar-refractivity contribution is 0.597. The van der Waals surface area contributed by atoms with Gasteiger partial charge in [0.15, 0.2) is 9.84 Å². The Labute approximate surface area is 89.8 Å². The third-order valence-electron chi connectivity index (χ3n) is 2.02. The molecule has 0 saturated heterocycles. The van der Waals surface area contributed by atoms with Crippen LogP contribution in [0.3, 0.4) is 0 Å². The van der Waals surface area contributed by atoms with Crippen molar-refractivity contribution in [1.82, 2.24) is 0 Å². The van der Waals surface area contributed by atoms with E-state index in [1.807, 2.05) is 19.1 Å². The van der Waals surface area contributed by atoms with E-state index in [2.05, 4.69) is 0 Å². The van der Waals surface area contributed by atoms with Crippen molar-refractivity contribution >= 4 is 21.4 Å². The van der Waals surface area contributed by atoms with Crippen LogP contribution >= 0.6 is 11.6 Å². The minimum absolute atomic E-state index is 0.00114. The predicted molar refractivity (Wildman–Crippen MR) is 58.7 cm³/mol. The van der Waals surface area contributed by atoms with E-state index in [9.17, 15) is 8.42 Å². The lowest BCUT2D eigenvalue weighted by Gasteiger charge is -2.06. The van der Waals surface area contributed by atoms with Crippen LogP contribution in [-0.2, 0) is 9.84 Å². The van der Waals surface area contributed by atoms with Gasteiger partial charge >= 0.3 is 0 Å². The second-order valence-electron chi connectivity index (χ2n) is 3.28. The van der Waals surface area contributed by atoms with Crippen LogP contribution in [0.5, 0.6) is 0 Å². The van der Waals surface area contributed by atoms with Gasteiger partial charge < -0.3 is 0 Å². The smallest absolute Gasteiger partial charge is 0.179 e. The molecule has 1 aromatic rings. The first-order chi connectivity index (χ1) is 6.47. The molecule has 1 rings (SSSR count). The maximum absolute atomic E-state index is 11.7. The van der Waals surface area contributed by atoms with E-state index in [1.165, 1.54) is 0 Å². The number of aryl methyl sites for hydroxylation is 2. The van der Waals surface area contributed by atoms with E-state index < -0.39 is 9.84 Å². The first-order valence-corrected chi connectivity index (χ1v) is 6.52. The number of benzene rings is 1. The zero-order valence-electron chi connectivity index (χ0n) is 8.25. The number of hydrogen-bond donors (Lipinski definition) is 0. The summed E-state index contributed by atoms with van der Waals surface area (Å²) in [4.78, 5) is 0.401. The quantitative estimate of drug-likeness (QED) is 0.750. The van der Waals surface area contributed by atoms with Crippen molar-refractivity contribution in [3.8, 4) is 0 Å². The third kappa shape index (κ3) is 2.49. The Bertz CT molecular complexity index is 424. The topological polar surface area (TPSA) is 34.1 Å². The maximum Gasteiger partial charge on any atom is 0.179 e. The molecular formula is C10H13ClO2S. The van der Waals surface area contributed by atoms with Crippen LogP contribution < -0.4 is 0 Å². The third-order valence-corrected chi connectivity index (χ3v) is 4.29. The summed E-state index contributed by atoms with van der Waals surface area (Å²) in [5.41, 5.74) is 1.73. The summed E-state index contributed by atoms with van der Waals surface area (Å²) in [5, 5.41) is 0. The Morgan fingerprint density at radius 1 is 1.29 bits per heavy atom.